The van der Waals surface area contributed by atoms with Gasteiger partial charge in [-0.1, -0.05) is 12.1 Å². The number of hydrogen-bond acceptors (Lipinski definition) is 7. The van der Waals surface area contributed by atoms with Gasteiger partial charge in [0.25, 0.3) is 0 Å². The summed E-state index contributed by atoms with van der Waals surface area (Å²) >= 11 is 5.73. The molecule has 0 fully saturated rings. The molecular formula is C17H17ClN6O2. The molecule has 0 amide bonds. The van der Waals surface area contributed by atoms with Crippen LogP contribution in [0.5, 0.6) is 0 Å². The fraction of sp³-hybridized carbons (Fsp3) is 0.235. The molecule has 3 rings (SSSR count). The largest absolute Gasteiger partial charge is 0.442 e. The highest BCUT2D eigenvalue weighted by atomic mass is 35.5. The zero-order valence-corrected chi connectivity index (χ0v) is 15.2. The van der Waals surface area contributed by atoms with Gasteiger partial charge in [-0.15, -0.1) is 0 Å². The molecule has 3 aromatic rings. The number of ether oxygens (including phenoxy) is 1. The fourth-order valence-electron chi connectivity index (χ4n) is 2.09. The molecule has 0 aliphatic rings. The third kappa shape index (κ3) is 4.54. The fourth-order valence-corrected chi connectivity index (χ4v) is 2.22. The van der Waals surface area contributed by atoms with Gasteiger partial charge in [0.1, 0.15) is 11.9 Å². The lowest BCUT2D eigenvalue weighted by molar-refractivity contribution is 0.0514. The second kappa shape index (κ2) is 7.09. The number of anilines is 2. The number of carbonyl (C=O) groups is 1. The van der Waals surface area contributed by atoms with Crippen LogP contribution in [0.15, 0.2) is 43.0 Å². The van der Waals surface area contributed by atoms with Crippen LogP contribution < -0.4 is 5.32 Å². The molecule has 0 unspecified atom stereocenters. The molecular weight excluding hydrogens is 356 g/mol. The molecule has 0 saturated carbocycles. The van der Waals surface area contributed by atoms with Gasteiger partial charge in [-0.2, -0.15) is 14.8 Å². The van der Waals surface area contributed by atoms with Crippen molar-refractivity contribution >= 4 is 29.3 Å². The van der Waals surface area contributed by atoms with Gasteiger partial charge in [0, 0.05) is 17.4 Å². The Kier molecular flexibility index (Phi) is 4.85. The summed E-state index contributed by atoms with van der Waals surface area (Å²) < 4.78 is 6.47. The molecule has 0 aliphatic heterocycles. The zero-order valence-electron chi connectivity index (χ0n) is 14.5. The predicted octanol–water partition coefficient (Wildman–Crippen LogP) is 3.92. The highest BCUT2D eigenvalue weighted by molar-refractivity contribution is 6.28. The first kappa shape index (κ1) is 17.8. The van der Waals surface area contributed by atoms with E-state index in [2.05, 4.69) is 25.4 Å². The molecule has 0 atom stereocenters. The topological polar surface area (TPSA) is 94.8 Å². The predicted molar refractivity (Wildman–Crippen MR) is 97.4 cm³/mol. The minimum absolute atomic E-state index is 0.119. The molecule has 2 heterocycles. The van der Waals surface area contributed by atoms with E-state index >= 15 is 0 Å². The summed E-state index contributed by atoms with van der Waals surface area (Å²) in [5, 5.41) is 7.21. The second-order valence-electron chi connectivity index (χ2n) is 6.43. The Morgan fingerprint density at radius 3 is 2.54 bits per heavy atom. The molecule has 0 saturated heterocycles. The molecule has 1 N–H and O–H groups in total. The van der Waals surface area contributed by atoms with Crippen molar-refractivity contribution in [2.75, 3.05) is 5.32 Å². The third-order valence-electron chi connectivity index (χ3n) is 3.18. The Hall–Kier alpha value is -3.00. The van der Waals surface area contributed by atoms with E-state index in [0.717, 1.165) is 16.8 Å². The molecule has 2 aromatic heterocycles. The minimum Gasteiger partial charge on any atom is -0.442 e. The Bertz CT molecular complexity index is 918. The van der Waals surface area contributed by atoms with Gasteiger partial charge in [0.15, 0.2) is 0 Å². The van der Waals surface area contributed by atoms with E-state index in [0.29, 0.717) is 5.95 Å². The van der Waals surface area contributed by atoms with E-state index in [1.54, 1.807) is 33.2 Å². The molecule has 8 nitrogen and oxygen atoms in total. The number of hydrogen-bond donors (Lipinski definition) is 1. The van der Waals surface area contributed by atoms with E-state index in [-0.39, 0.29) is 5.28 Å². The highest BCUT2D eigenvalue weighted by Gasteiger charge is 2.18. The molecule has 0 aliphatic carbocycles. The summed E-state index contributed by atoms with van der Waals surface area (Å²) in [4.78, 5) is 23.7. The number of nitrogens with zero attached hydrogens (tertiary/aromatic N) is 5. The third-order valence-corrected chi connectivity index (χ3v) is 3.36. The summed E-state index contributed by atoms with van der Waals surface area (Å²) in [6, 6.07) is 7.50. The van der Waals surface area contributed by atoms with E-state index in [1.165, 1.54) is 11.0 Å². The summed E-state index contributed by atoms with van der Waals surface area (Å²) in [5.74, 6) is 0.357. The van der Waals surface area contributed by atoms with Crippen LogP contribution in [0.25, 0.3) is 11.1 Å². The first-order chi connectivity index (χ1) is 12.3. The van der Waals surface area contributed by atoms with Gasteiger partial charge < -0.3 is 10.1 Å². The van der Waals surface area contributed by atoms with Gasteiger partial charge in [-0.3, -0.25) is 0 Å². The van der Waals surface area contributed by atoms with Crippen molar-refractivity contribution < 1.29 is 9.53 Å². The zero-order chi connectivity index (χ0) is 18.7. The summed E-state index contributed by atoms with van der Waals surface area (Å²) in [5.41, 5.74) is 1.91. The van der Waals surface area contributed by atoms with Crippen molar-refractivity contribution in [2.24, 2.45) is 0 Å². The normalized spacial score (nSPS) is 11.2. The SMILES string of the molecule is CC(C)(C)OC(=O)n1cc(-c2ccc(Nc3ncnc(Cl)n3)cc2)cn1. The van der Waals surface area contributed by atoms with Crippen LogP contribution in [0.4, 0.5) is 16.4 Å². The van der Waals surface area contributed by atoms with Crippen molar-refractivity contribution in [1.29, 1.82) is 0 Å². The number of halogens is 1. The van der Waals surface area contributed by atoms with E-state index in [9.17, 15) is 4.79 Å². The van der Waals surface area contributed by atoms with Crippen LogP contribution in [0, 0.1) is 0 Å². The van der Waals surface area contributed by atoms with Crippen molar-refractivity contribution in [3.8, 4) is 11.1 Å². The second-order valence-corrected chi connectivity index (χ2v) is 6.77. The number of carbonyl (C=O) groups excluding carboxylic acids is 1. The van der Waals surface area contributed by atoms with Gasteiger partial charge in [-0.05, 0) is 50.1 Å². The molecule has 26 heavy (non-hydrogen) atoms. The van der Waals surface area contributed by atoms with Crippen molar-refractivity contribution in [3.63, 3.8) is 0 Å². The summed E-state index contributed by atoms with van der Waals surface area (Å²) in [7, 11) is 0. The standard InChI is InChI=1S/C17H17ClN6O2/c1-17(2,3)26-16(25)24-9-12(8-21-24)11-4-6-13(7-5-11)22-15-20-10-19-14(18)23-15/h4-10H,1-3H3,(H,19,20,22,23). The molecule has 0 radical (unpaired) electrons. The smallest absolute Gasteiger partial charge is 0.435 e. The average Bonchev–Trinajstić information content (AvgIpc) is 3.04. The Labute approximate surface area is 155 Å². The summed E-state index contributed by atoms with van der Waals surface area (Å²) in [6.45, 7) is 5.42. The maximum atomic E-state index is 12.0. The van der Waals surface area contributed by atoms with Gasteiger partial charge >= 0.3 is 6.09 Å². The molecule has 9 heteroatoms. The van der Waals surface area contributed by atoms with Gasteiger partial charge in [-0.25, -0.2) is 14.8 Å². The molecule has 134 valence electrons. The van der Waals surface area contributed by atoms with Crippen LogP contribution in [-0.4, -0.2) is 36.4 Å². The van der Waals surface area contributed by atoms with Gasteiger partial charge in [0.2, 0.25) is 11.2 Å². The maximum Gasteiger partial charge on any atom is 0.435 e. The monoisotopic (exact) mass is 372 g/mol. The van der Waals surface area contributed by atoms with E-state index in [1.807, 2.05) is 24.3 Å². The lowest BCUT2D eigenvalue weighted by atomic mass is 10.1. The number of aromatic nitrogens is 5. The van der Waals surface area contributed by atoms with Crippen molar-refractivity contribution in [2.45, 2.75) is 26.4 Å². The number of rotatable bonds is 3. The quantitative estimate of drug-likeness (QED) is 0.744. The Morgan fingerprint density at radius 2 is 1.88 bits per heavy atom. The van der Waals surface area contributed by atoms with Crippen LogP contribution in [-0.2, 0) is 4.74 Å². The minimum atomic E-state index is -0.575. The van der Waals surface area contributed by atoms with Crippen LogP contribution in [0.2, 0.25) is 5.28 Å². The lowest BCUT2D eigenvalue weighted by Crippen LogP contribution is -2.27. The summed E-state index contributed by atoms with van der Waals surface area (Å²) in [6.07, 6.45) is 4.05. The lowest BCUT2D eigenvalue weighted by Gasteiger charge is -2.18. The molecule has 0 spiro atoms. The van der Waals surface area contributed by atoms with Crippen LogP contribution >= 0.6 is 11.6 Å². The highest BCUT2D eigenvalue weighted by Crippen LogP contribution is 2.22. The first-order valence-corrected chi connectivity index (χ1v) is 8.18. The number of nitrogens with one attached hydrogen (secondary N) is 1. The number of benzene rings is 1. The van der Waals surface area contributed by atoms with Gasteiger partial charge in [0.05, 0.1) is 6.20 Å². The van der Waals surface area contributed by atoms with Crippen molar-refractivity contribution in [3.05, 3.63) is 48.3 Å². The molecule has 0 bridgehead atoms. The van der Waals surface area contributed by atoms with E-state index < -0.39 is 11.7 Å². The molecule has 1 aromatic carbocycles. The first-order valence-electron chi connectivity index (χ1n) is 7.80. The van der Waals surface area contributed by atoms with E-state index in [4.69, 9.17) is 16.3 Å². The average molecular weight is 373 g/mol. The maximum absolute atomic E-state index is 12.0. The Balaban J connectivity index is 1.72. The van der Waals surface area contributed by atoms with Crippen LogP contribution in [0.3, 0.4) is 0 Å². The van der Waals surface area contributed by atoms with Crippen LogP contribution in [0.1, 0.15) is 20.8 Å². The Morgan fingerprint density at radius 1 is 1.15 bits per heavy atom. The van der Waals surface area contributed by atoms with Crippen molar-refractivity contribution in [1.82, 2.24) is 24.7 Å².